The van der Waals surface area contributed by atoms with Crippen LogP contribution >= 0.6 is 0 Å². The first-order valence-electron chi connectivity index (χ1n) is 6.61. The van der Waals surface area contributed by atoms with Gasteiger partial charge >= 0.3 is 0 Å². The van der Waals surface area contributed by atoms with E-state index in [-0.39, 0.29) is 17.5 Å². The normalized spacial score (nSPS) is 18.1. The van der Waals surface area contributed by atoms with Crippen molar-refractivity contribution in [1.82, 2.24) is 9.80 Å². The topological polar surface area (TPSA) is 43.8 Å². The minimum absolute atomic E-state index is 0.0643. The van der Waals surface area contributed by atoms with Crippen LogP contribution in [0.4, 0.5) is 8.78 Å². The summed E-state index contributed by atoms with van der Waals surface area (Å²) in [6.45, 7) is 3.23. The zero-order chi connectivity index (χ0) is 14.7. The second kappa shape index (κ2) is 6.28. The summed E-state index contributed by atoms with van der Waals surface area (Å²) in [5.41, 5.74) is 0.0643. The van der Waals surface area contributed by atoms with Gasteiger partial charge in [0.2, 0.25) is 5.91 Å². The molecule has 20 heavy (non-hydrogen) atoms. The molecule has 110 valence electrons. The smallest absolute Gasteiger partial charge is 0.248 e. The van der Waals surface area contributed by atoms with Crippen LogP contribution in [-0.4, -0.2) is 53.6 Å². The number of hydrogen-bond acceptors (Lipinski definition) is 3. The molecule has 1 aliphatic heterocycles. The van der Waals surface area contributed by atoms with Crippen molar-refractivity contribution in [2.75, 3.05) is 32.8 Å². The molecular formula is C14H18F2N2O2. The van der Waals surface area contributed by atoms with E-state index in [0.717, 1.165) is 0 Å². The first-order valence-corrected chi connectivity index (χ1v) is 6.61. The molecule has 1 atom stereocenters. The lowest BCUT2D eigenvalue weighted by atomic mass is 10.0. The minimum Gasteiger partial charge on any atom is -0.387 e. The summed E-state index contributed by atoms with van der Waals surface area (Å²) in [4.78, 5) is 14.8. The maximum atomic E-state index is 13.8. The van der Waals surface area contributed by atoms with Crippen LogP contribution in [0.5, 0.6) is 0 Å². The number of carbonyl (C=O) groups is 1. The van der Waals surface area contributed by atoms with Crippen molar-refractivity contribution in [3.8, 4) is 0 Å². The maximum absolute atomic E-state index is 13.8. The molecule has 2 rings (SSSR count). The standard InChI is InChI=1S/C14H18F2N2O2/c1-10(14-11(15)3-2-4-12(14)16)17-5-7-18(8-6-17)13(20)9-19/h2-4,10,19H,5-9H2,1H3. The van der Waals surface area contributed by atoms with E-state index in [9.17, 15) is 13.6 Å². The fourth-order valence-corrected chi connectivity index (χ4v) is 2.55. The van der Waals surface area contributed by atoms with Gasteiger partial charge in [-0.05, 0) is 19.1 Å². The monoisotopic (exact) mass is 284 g/mol. The molecule has 0 bridgehead atoms. The molecule has 0 saturated carbocycles. The predicted molar refractivity (Wildman–Crippen MR) is 70.0 cm³/mol. The van der Waals surface area contributed by atoms with Crippen LogP contribution in [0.15, 0.2) is 18.2 Å². The van der Waals surface area contributed by atoms with E-state index in [2.05, 4.69) is 0 Å². The Balaban J connectivity index is 2.05. The number of halogens is 2. The zero-order valence-electron chi connectivity index (χ0n) is 11.4. The summed E-state index contributed by atoms with van der Waals surface area (Å²) in [6.07, 6.45) is 0. The molecule has 1 unspecified atom stereocenters. The molecule has 0 aromatic heterocycles. The van der Waals surface area contributed by atoms with Crippen molar-refractivity contribution in [3.63, 3.8) is 0 Å². The number of piperazine rings is 1. The Bertz CT molecular complexity index is 468. The number of nitrogens with zero attached hydrogens (tertiary/aromatic N) is 2. The third-order valence-corrected chi connectivity index (χ3v) is 3.77. The fraction of sp³-hybridized carbons (Fsp3) is 0.500. The van der Waals surface area contributed by atoms with Crippen LogP contribution in [0.2, 0.25) is 0 Å². The van der Waals surface area contributed by atoms with Crippen LogP contribution in [-0.2, 0) is 4.79 Å². The second-order valence-corrected chi connectivity index (χ2v) is 4.89. The van der Waals surface area contributed by atoms with E-state index in [4.69, 9.17) is 5.11 Å². The largest absolute Gasteiger partial charge is 0.387 e. The molecule has 4 nitrogen and oxygen atoms in total. The third-order valence-electron chi connectivity index (χ3n) is 3.77. The van der Waals surface area contributed by atoms with Gasteiger partial charge in [-0.3, -0.25) is 9.69 Å². The quantitative estimate of drug-likeness (QED) is 0.906. The van der Waals surface area contributed by atoms with Gasteiger partial charge in [-0.25, -0.2) is 8.78 Å². The Morgan fingerprint density at radius 2 is 1.80 bits per heavy atom. The number of carbonyl (C=O) groups excluding carboxylic acids is 1. The lowest BCUT2D eigenvalue weighted by Gasteiger charge is -2.38. The predicted octanol–water partition coefficient (Wildman–Crippen LogP) is 1.16. The molecule has 0 aliphatic carbocycles. The highest BCUT2D eigenvalue weighted by Crippen LogP contribution is 2.26. The van der Waals surface area contributed by atoms with Crippen LogP contribution in [0, 0.1) is 11.6 Å². The van der Waals surface area contributed by atoms with Gasteiger partial charge in [-0.2, -0.15) is 0 Å². The van der Waals surface area contributed by atoms with Crippen molar-refractivity contribution >= 4 is 5.91 Å². The van der Waals surface area contributed by atoms with E-state index in [1.165, 1.54) is 18.2 Å². The molecule has 6 heteroatoms. The summed E-state index contributed by atoms with van der Waals surface area (Å²) in [5, 5.41) is 8.81. The third kappa shape index (κ3) is 2.96. The van der Waals surface area contributed by atoms with Crippen molar-refractivity contribution in [1.29, 1.82) is 0 Å². The SMILES string of the molecule is CC(c1c(F)cccc1F)N1CCN(C(=O)CO)CC1. The van der Waals surface area contributed by atoms with Gasteiger partial charge in [-0.15, -0.1) is 0 Å². The Labute approximate surface area is 116 Å². The number of amides is 1. The Hall–Kier alpha value is -1.53. The fourth-order valence-electron chi connectivity index (χ4n) is 2.55. The molecular weight excluding hydrogens is 266 g/mol. The highest BCUT2D eigenvalue weighted by atomic mass is 19.1. The lowest BCUT2D eigenvalue weighted by molar-refractivity contribution is -0.136. The molecule has 1 aliphatic rings. The highest BCUT2D eigenvalue weighted by molar-refractivity contribution is 5.77. The number of benzene rings is 1. The summed E-state index contributed by atoms with van der Waals surface area (Å²) in [6, 6.07) is 3.46. The molecule has 1 saturated heterocycles. The van der Waals surface area contributed by atoms with E-state index in [1.807, 2.05) is 4.90 Å². The van der Waals surface area contributed by atoms with Gasteiger partial charge in [-0.1, -0.05) is 6.07 Å². The van der Waals surface area contributed by atoms with Crippen molar-refractivity contribution in [2.45, 2.75) is 13.0 Å². The van der Waals surface area contributed by atoms with Crippen LogP contribution in [0.1, 0.15) is 18.5 Å². The number of aliphatic hydroxyl groups excluding tert-OH is 1. The van der Waals surface area contributed by atoms with E-state index in [0.29, 0.717) is 26.2 Å². The van der Waals surface area contributed by atoms with E-state index >= 15 is 0 Å². The van der Waals surface area contributed by atoms with Crippen molar-refractivity contribution in [2.24, 2.45) is 0 Å². The molecule has 0 spiro atoms. The van der Waals surface area contributed by atoms with Crippen molar-refractivity contribution in [3.05, 3.63) is 35.4 Å². The van der Waals surface area contributed by atoms with Crippen LogP contribution < -0.4 is 0 Å². The van der Waals surface area contributed by atoms with Crippen LogP contribution in [0.25, 0.3) is 0 Å². The second-order valence-electron chi connectivity index (χ2n) is 4.89. The Kier molecular flexibility index (Phi) is 4.67. The molecule has 1 amide bonds. The Morgan fingerprint density at radius 3 is 2.30 bits per heavy atom. The van der Waals surface area contributed by atoms with Gasteiger partial charge in [0.05, 0.1) is 0 Å². The maximum Gasteiger partial charge on any atom is 0.248 e. The minimum atomic E-state index is -0.550. The molecule has 1 heterocycles. The van der Waals surface area contributed by atoms with Gasteiger partial charge in [0, 0.05) is 37.8 Å². The molecule has 1 aromatic carbocycles. The number of hydrogen-bond donors (Lipinski definition) is 1. The zero-order valence-corrected chi connectivity index (χ0v) is 11.4. The van der Waals surface area contributed by atoms with Crippen LogP contribution in [0.3, 0.4) is 0 Å². The lowest BCUT2D eigenvalue weighted by Crippen LogP contribution is -2.50. The van der Waals surface area contributed by atoms with Gasteiger partial charge < -0.3 is 10.0 Å². The van der Waals surface area contributed by atoms with E-state index < -0.39 is 18.2 Å². The average Bonchev–Trinajstić information content (AvgIpc) is 2.46. The number of aliphatic hydroxyl groups is 1. The summed E-state index contributed by atoms with van der Waals surface area (Å²) in [5.74, 6) is -1.41. The molecule has 1 N–H and O–H groups in total. The van der Waals surface area contributed by atoms with Crippen molar-refractivity contribution < 1.29 is 18.7 Å². The van der Waals surface area contributed by atoms with Gasteiger partial charge in [0.25, 0.3) is 0 Å². The van der Waals surface area contributed by atoms with Gasteiger partial charge in [0.15, 0.2) is 0 Å². The first kappa shape index (κ1) is 14.9. The Morgan fingerprint density at radius 1 is 1.25 bits per heavy atom. The molecule has 0 radical (unpaired) electrons. The summed E-state index contributed by atoms with van der Waals surface area (Å²) < 4.78 is 27.5. The summed E-state index contributed by atoms with van der Waals surface area (Å²) in [7, 11) is 0. The highest BCUT2D eigenvalue weighted by Gasteiger charge is 2.27. The summed E-state index contributed by atoms with van der Waals surface area (Å²) >= 11 is 0. The molecule has 1 aromatic rings. The molecule has 1 fully saturated rings. The van der Waals surface area contributed by atoms with Gasteiger partial charge in [0.1, 0.15) is 18.2 Å². The number of rotatable bonds is 3. The van der Waals surface area contributed by atoms with E-state index in [1.54, 1.807) is 11.8 Å². The first-order chi connectivity index (χ1) is 9.54. The average molecular weight is 284 g/mol.